The van der Waals surface area contributed by atoms with E-state index in [9.17, 15) is 4.79 Å². The molecule has 0 saturated heterocycles. The van der Waals surface area contributed by atoms with Gasteiger partial charge in [0.2, 0.25) is 0 Å². The summed E-state index contributed by atoms with van der Waals surface area (Å²) in [5, 5.41) is 10.1. The lowest BCUT2D eigenvalue weighted by Crippen LogP contribution is -2.17. The summed E-state index contributed by atoms with van der Waals surface area (Å²) < 4.78 is 0.992. The van der Waals surface area contributed by atoms with Gasteiger partial charge in [-0.3, -0.25) is 4.79 Å². The van der Waals surface area contributed by atoms with Gasteiger partial charge in [-0.2, -0.15) is 5.10 Å². The molecule has 0 spiro atoms. The van der Waals surface area contributed by atoms with E-state index < -0.39 is 0 Å². The Balaban J connectivity index is 1.35. The van der Waals surface area contributed by atoms with Gasteiger partial charge in [0.25, 0.3) is 5.91 Å². The summed E-state index contributed by atoms with van der Waals surface area (Å²) in [5.41, 5.74) is 6.84. The standard InChI is InChI=1S/C23H17BrN4OS/c24-19-10-6-16(7-11-19)14-25-28-22(29)18-8-12-20(13-9-18)26-23-27-21(15-30-23)17-4-2-1-3-5-17/h1-15H,(H,26,27)(H,28,29). The zero-order valence-electron chi connectivity index (χ0n) is 15.7. The van der Waals surface area contributed by atoms with Crippen LogP contribution in [0.1, 0.15) is 15.9 Å². The number of benzene rings is 3. The van der Waals surface area contributed by atoms with E-state index in [1.807, 2.05) is 72.1 Å². The van der Waals surface area contributed by atoms with Crippen LogP contribution in [0, 0.1) is 0 Å². The molecule has 0 aliphatic heterocycles. The smallest absolute Gasteiger partial charge is 0.271 e. The van der Waals surface area contributed by atoms with Crippen LogP contribution in [0.2, 0.25) is 0 Å². The first-order valence-corrected chi connectivity index (χ1v) is 10.8. The molecule has 0 radical (unpaired) electrons. The van der Waals surface area contributed by atoms with Crippen molar-refractivity contribution in [1.29, 1.82) is 0 Å². The van der Waals surface area contributed by atoms with Crippen molar-refractivity contribution in [2.75, 3.05) is 5.32 Å². The summed E-state index contributed by atoms with van der Waals surface area (Å²) in [7, 11) is 0. The third-order valence-electron chi connectivity index (χ3n) is 4.22. The maximum Gasteiger partial charge on any atom is 0.271 e. The highest BCUT2D eigenvalue weighted by Gasteiger charge is 2.07. The van der Waals surface area contributed by atoms with Gasteiger partial charge in [0.15, 0.2) is 5.13 Å². The van der Waals surface area contributed by atoms with Crippen LogP contribution >= 0.6 is 27.3 Å². The lowest BCUT2D eigenvalue weighted by molar-refractivity contribution is 0.0955. The Morgan fingerprint density at radius 3 is 2.43 bits per heavy atom. The van der Waals surface area contributed by atoms with Crippen LogP contribution in [0.15, 0.2) is 93.8 Å². The number of hydrazone groups is 1. The summed E-state index contributed by atoms with van der Waals surface area (Å²) in [5.74, 6) is -0.268. The summed E-state index contributed by atoms with van der Waals surface area (Å²) >= 11 is 4.92. The minimum Gasteiger partial charge on any atom is -0.332 e. The van der Waals surface area contributed by atoms with E-state index >= 15 is 0 Å². The molecule has 30 heavy (non-hydrogen) atoms. The number of halogens is 1. The predicted octanol–water partition coefficient (Wildman–Crippen LogP) is 6.08. The Bertz CT molecular complexity index is 1160. The van der Waals surface area contributed by atoms with Gasteiger partial charge in [-0.15, -0.1) is 11.3 Å². The minimum absolute atomic E-state index is 0.268. The lowest BCUT2D eigenvalue weighted by Gasteiger charge is -2.04. The lowest BCUT2D eigenvalue weighted by atomic mass is 10.2. The Morgan fingerprint density at radius 2 is 1.70 bits per heavy atom. The number of nitrogens with zero attached hydrogens (tertiary/aromatic N) is 2. The zero-order valence-corrected chi connectivity index (χ0v) is 18.2. The van der Waals surface area contributed by atoms with Crippen LogP contribution in [0.5, 0.6) is 0 Å². The molecule has 2 N–H and O–H groups in total. The number of hydrogen-bond donors (Lipinski definition) is 2. The molecule has 3 aromatic carbocycles. The quantitative estimate of drug-likeness (QED) is 0.261. The van der Waals surface area contributed by atoms with E-state index in [-0.39, 0.29) is 5.91 Å². The number of anilines is 2. The van der Waals surface area contributed by atoms with Gasteiger partial charge in [0.05, 0.1) is 11.9 Å². The highest BCUT2D eigenvalue weighted by atomic mass is 79.9. The van der Waals surface area contributed by atoms with Crippen molar-refractivity contribution in [2.45, 2.75) is 0 Å². The fourth-order valence-corrected chi connectivity index (χ4v) is 3.68. The number of rotatable bonds is 6. The largest absolute Gasteiger partial charge is 0.332 e. The number of carbonyl (C=O) groups excluding carboxylic acids is 1. The Kier molecular flexibility index (Phi) is 6.32. The molecule has 0 aliphatic rings. The molecule has 0 unspecified atom stereocenters. The maximum atomic E-state index is 12.3. The molecule has 0 aliphatic carbocycles. The number of aromatic nitrogens is 1. The van der Waals surface area contributed by atoms with Gasteiger partial charge in [-0.05, 0) is 42.0 Å². The zero-order chi connectivity index (χ0) is 20.8. The molecule has 148 valence electrons. The Labute approximate surface area is 186 Å². The normalized spacial score (nSPS) is 10.8. The molecule has 1 amide bonds. The van der Waals surface area contributed by atoms with Gasteiger partial charge < -0.3 is 5.32 Å². The average Bonchev–Trinajstić information content (AvgIpc) is 3.25. The first kappa shape index (κ1) is 20.0. The topological polar surface area (TPSA) is 66.4 Å². The van der Waals surface area contributed by atoms with E-state index in [0.29, 0.717) is 5.56 Å². The van der Waals surface area contributed by atoms with Gasteiger partial charge in [0.1, 0.15) is 0 Å². The monoisotopic (exact) mass is 476 g/mol. The molecule has 5 nitrogen and oxygen atoms in total. The first-order valence-electron chi connectivity index (χ1n) is 9.14. The van der Waals surface area contributed by atoms with E-state index in [4.69, 9.17) is 0 Å². The third kappa shape index (κ3) is 5.20. The van der Waals surface area contributed by atoms with Crippen molar-refractivity contribution in [3.05, 3.63) is 99.8 Å². The van der Waals surface area contributed by atoms with E-state index in [1.165, 1.54) is 11.3 Å². The second-order valence-corrected chi connectivity index (χ2v) is 8.13. The highest BCUT2D eigenvalue weighted by molar-refractivity contribution is 9.10. The molecule has 1 heterocycles. The predicted molar refractivity (Wildman–Crippen MR) is 126 cm³/mol. The van der Waals surface area contributed by atoms with Crippen molar-refractivity contribution >= 4 is 50.2 Å². The van der Waals surface area contributed by atoms with E-state index in [0.717, 1.165) is 32.1 Å². The minimum atomic E-state index is -0.268. The second-order valence-electron chi connectivity index (χ2n) is 6.36. The molecular formula is C23H17BrN4OS. The molecule has 7 heteroatoms. The van der Waals surface area contributed by atoms with Gasteiger partial charge in [0, 0.05) is 26.7 Å². The van der Waals surface area contributed by atoms with Crippen LogP contribution in [0.4, 0.5) is 10.8 Å². The van der Waals surface area contributed by atoms with Crippen LogP contribution < -0.4 is 10.7 Å². The fourth-order valence-electron chi connectivity index (χ4n) is 2.68. The molecule has 4 rings (SSSR count). The highest BCUT2D eigenvalue weighted by Crippen LogP contribution is 2.27. The second kappa shape index (κ2) is 9.47. The number of thiazole rings is 1. The number of amides is 1. The van der Waals surface area contributed by atoms with Crippen molar-refractivity contribution < 1.29 is 4.79 Å². The van der Waals surface area contributed by atoms with Crippen LogP contribution in [0.25, 0.3) is 11.3 Å². The van der Waals surface area contributed by atoms with Crippen molar-refractivity contribution in [1.82, 2.24) is 10.4 Å². The van der Waals surface area contributed by atoms with Crippen LogP contribution in [0.3, 0.4) is 0 Å². The van der Waals surface area contributed by atoms with Crippen molar-refractivity contribution in [3.63, 3.8) is 0 Å². The van der Waals surface area contributed by atoms with Crippen molar-refractivity contribution in [2.24, 2.45) is 5.10 Å². The van der Waals surface area contributed by atoms with Crippen molar-refractivity contribution in [3.8, 4) is 11.3 Å². The molecule has 1 aromatic heterocycles. The summed E-state index contributed by atoms with van der Waals surface area (Å²) in [6, 6.07) is 24.9. The third-order valence-corrected chi connectivity index (χ3v) is 5.51. The van der Waals surface area contributed by atoms with Gasteiger partial charge >= 0.3 is 0 Å². The Morgan fingerprint density at radius 1 is 0.967 bits per heavy atom. The molecular weight excluding hydrogens is 460 g/mol. The van der Waals surface area contributed by atoms with Crippen LogP contribution in [-0.4, -0.2) is 17.1 Å². The summed E-state index contributed by atoms with van der Waals surface area (Å²) in [6.07, 6.45) is 1.60. The molecule has 0 atom stereocenters. The van der Waals surface area contributed by atoms with E-state index in [1.54, 1.807) is 18.3 Å². The SMILES string of the molecule is O=C(NN=Cc1ccc(Br)cc1)c1ccc(Nc2nc(-c3ccccc3)cs2)cc1. The molecule has 0 saturated carbocycles. The molecule has 0 fully saturated rings. The van der Waals surface area contributed by atoms with E-state index in [2.05, 4.69) is 36.8 Å². The molecule has 0 bridgehead atoms. The van der Waals surface area contributed by atoms with Gasteiger partial charge in [-0.25, -0.2) is 10.4 Å². The first-order chi connectivity index (χ1) is 14.7. The van der Waals surface area contributed by atoms with Gasteiger partial charge in [-0.1, -0.05) is 58.4 Å². The summed E-state index contributed by atoms with van der Waals surface area (Å²) in [6.45, 7) is 0. The fraction of sp³-hybridized carbons (Fsp3) is 0. The number of hydrogen-bond acceptors (Lipinski definition) is 5. The number of nitrogens with one attached hydrogen (secondary N) is 2. The summed E-state index contributed by atoms with van der Waals surface area (Å²) in [4.78, 5) is 16.9. The number of carbonyl (C=O) groups is 1. The maximum absolute atomic E-state index is 12.3. The average molecular weight is 477 g/mol. The Hall–Kier alpha value is -3.29. The van der Waals surface area contributed by atoms with Crippen LogP contribution in [-0.2, 0) is 0 Å². The molecule has 4 aromatic rings.